The highest BCUT2D eigenvalue weighted by Crippen LogP contribution is 2.54. The first-order valence-corrected chi connectivity index (χ1v) is 6.72. The van der Waals surface area contributed by atoms with Crippen molar-refractivity contribution >= 4 is 6.09 Å². The van der Waals surface area contributed by atoms with Crippen molar-refractivity contribution in [1.82, 2.24) is 4.90 Å². The van der Waals surface area contributed by atoms with Gasteiger partial charge in [-0.15, -0.1) is 0 Å². The van der Waals surface area contributed by atoms with Gasteiger partial charge in [0, 0.05) is 11.1 Å². The van der Waals surface area contributed by atoms with Crippen LogP contribution in [0.1, 0.15) is 54.4 Å². The van der Waals surface area contributed by atoms with E-state index >= 15 is 0 Å². The molecule has 0 bridgehead atoms. The van der Waals surface area contributed by atoms with E-state index in [1.54, 1.807) is 4.90 Å². The molecule has 0 aromatic carbocycles. The molecule has 0 saturated heterocycles. The summed E-state index contributed by atoms with van der Waals surface area (Å²) >= 11 is 0. The number of rotatable bonds is 2. The normalized spacial score (nSPS) is 31.4. The highest BCUT2D eigenvalue weighted by molar-refractivity contribution is 5.67. The molecule has 4 heteroatoms. The summed E-state index contributed by atoms with van der Waals surface area (Å²) in [5, 5.41) is 9.62. The van der Waals surface area contributed by atoms with Gasteiger partial charge in [0.15, 0.2) is 0 Å². The number of nitrogens with zero attached hydrogens (tertiary/aromatic N) is 1. The number of hydrogen-bond acceptors (Lipinski definition) is 2. The van der Waals surface area contributed by atoms with E-state index in [0.29, 0.717) is 12.5 Å². The second-order valence-electron chi connectivity index (χ2n) is 7.26. The number of nitrogens with two attached hydrogens (primary N) is 1. The van der Waals surface area contributed by atoms with Gasteiger partial charge in [-0.05, 0) is 58.4 Å². The molecule has 0 heterocycles. The summed E-state index contributed by atoms with van der Waals surface area (Å²) in [6.45, 7) is 12.9. The van der Waals surface area contributed by atoms with Crippen LogP contribution in [0.5, 0.6) is 0 Å². The van der Waals surface area contributed by atoms with Crippen molar-refractivity contribution in [3.8, 4) is 0 Å². The monoisotopic (exact) mass is 256 g/mol. The maximum atomic E-state index is 11.7. The van der Waals surface area contributed by atoms with Crippen LogP contribution in [0.25, 0.3) is 0 Å². The summed E-state index contributed by atoms with van der Waals surface area (Å²) in [7, 11) is 0. The van der Waals surface area contributed by atoms with Crippen LogP contribution in [0.3, 0.4) is 0 Å². The van der Waals surface area contributed by atoms with Crippen LogP contribution in [-0.4, -0.2) is 33.7 Å². The maximum absolute atomic E-state index is 11.7. The highest BCUT2D eigenvalue weighted by Gasteiger charge is 2.57. The van der Waals surface area contributed by atoms with Gasteiger partial charge in [0.2, 0.25) is 0 Å². The smallest absolute Gasteiger partial charge is 0.408 e. The Bertz CT molecular complexity index is 333. The average molecular weight is 256 g/mol. The molecule has 1 aliphatic rings. The summed E-state index contributed by atoms with van der Waals surface area (Å²) < 4.78 is 0. The average Bonchev–Trinajstić information content (AvgIpc) is 2.35. The van der Waals surface area contributed by atoms with Gasteiger partial charge in [-0.3, -0.25) is 4.90 Å². The fraction of sp³-hybridized carbons (Fsp3) is 0.929. The summed E-state index contributed by atoms with van der Waals surface area (Å²) in [4.78, 5) is 13.4. The third-order valence-corrected chi connectivity index (χ3v) is 5.03. The molecule has 1 rings (SSSR count). The first-order chi connectivity index (χ1) is 7.98. The molecule has 0 aromatic heterocycles. The summed E-state index contributed by atoms with van der Waals surface area (Å²) in [6, 6.07) is 0. The van der Waals surface area contributed by atoms with Crippen LogP contribution in [-0.2, 0) is 0 Å². The molecule has 1 fully saturated rings. The van der Waals surface area contributed by atoms with Gasteiger partial charge in [0.05, 0.1) is 0 Å². The van der Waals surface area contributed by atoms with Crippen molar-refractivity contribution in [2.45, 2.75) is 65.5 Å². The molecule has 0 unspecified atom stereocenters. The van der Waals surface area contributed by atoms with E-state index in [2.05, 4.69) is 20.8 Å². The second kappa shape index (κ2) is 4.41. The Hall–Kier alpha value is -0.770. The topological polar surface area (TPSA) is 66.6 Å². The van der Waals surface area contributed by atoms with Crippen LogP contribution in [0.4, 0.5) is 4.79 Å². The Kier molecular flexibility index (Phi) is 3.74. The fourth-order valence-corrected chi connectivity index (χ4v) is 3.63. The van der Waals surface area contributed by atoms with Gasteiger partial charge >= 0.3 is 6.09 Å². The van der Waals surface area contributed by atoms with E-state index in [-0.39, 0.29) is 11.0 Å². The van der Waals surface area contributed by atoms with Gasteiger partial charge in [-0.25, -0.2) is 4.79 Å². The molecular formula is C14H28N2O2. The summed E-state index contributed by atoms with van der Waals surface area (Å²) in [5.41, 5.74) is 4.98. The van der Waals surface area contributed by atoms with Gasteiger partial charge in [0.25, 0.3) is 0 Å². The van der Waals surface area contributed by atoms with Crippen molar-refractivity contribution in [2.24, 2.45) is 17.1 Å². The minimum atomic E-state index is -0.837. The van der Waals surface area contributed by atoms with E-state index in [1.165, 1.54) is 0 Å². The molecule has 1 saturated carbocycles. The van der Waals surface area contributed by atoms with Crippen molar-refractivity contribution in [3.63, 3.8) is 0 Å². The Balaban J connectivity index is 3.24. The molecule has 4 nitrogen and oxygen atoms in total. The molecule has 0 aromatic rings. The second-order valence-corrected chi connectivity index (χ2v) is 7.26. The van der Waals surface area contributed by atoms with E-state index in [0.717, 1.165) is 12.8 Å². The zero-order chi connectivity index (χ0) is 14.4. The lowest BCUT2D eigenvalue weighted by Crippen LogP contribution is -2.63. The summed E-state index contributed by atoms with van der Waals surface area (Å²) in [6.07, 6.45) is 1.04. The lowest BCUT2D eigenvalue weighted by Gasteiger charge is -2.53. The minimum Gasteiger partial charge on any atom is -0.465 e. The fourth-order valence-electron chi connectivity index (χ4n) is 3.63. The Labute approximate surface area is 111 Å². The quantitative estimate of drug-likeness (QED) is 0.798. The molecule has 18 heavy (non-hydrogen) atoms. The van der Waals surface area contributed by atoms with Crippen molar-refractivity contribution < 1.29 is 9.90 Å². The molecule has 1 aliphatic carbocycles. The van der Waals surface area contributed by atoms with E-state index in [9.17, 15) is 9.90 Å². The SMILES string of the molecule is CC(C)(C)N(C(=O)O)[C@@]1(C)CC[C@@H](CN)C1(C)C. The summed E-state index contributed by atoms with van der Waals surface area (Å²) in [5.74, 6) is 0.381. The van der Waals surface area contributed by atoms with Crippen molar-refractivity contribution in [1.29, 1.82) is 0 Å². The van der Waals surface area contributed by atoms with E-state index < -0.39 is 11.6 Å². The molecule has 0 spiro atoms. The van der Waals surface area contributed by atoms with Crippen LogP contribution < -0.4 is 5.73 Å². The van der Waals surface area contributed by atoms with E-state index in [4.69, 9.17) is 5.73 Å². The van der Waals surface area contributed by atoms with Crippen molar-refractivity contribution in [2.75, 3.05) is 6.54 Å². The predicted octanol–water partition coefficient (Wildman–Crippen LogP) is 2.92. The standard InChI is InChI=1S/C14H28N2O2/c1-12(2,3)16(11(17)18)14(6)8-7-10(9-15)13(14,4)5/h10H,7-9,15H2,1-6H3,(H,17,18)/t10-,14-/m0/s1. The van der Waals surface area contributed by atoms with Gasteiger partial charge in [-0.2, -0.15) is 0 Å². The highest BCUT2D eigenvalue weighted by atomic mass is 16.4. The van der Waals surface area contributed by atoms with Gasteiger partial charge in [-0.1, -0.05) is 13.8 Å². The van der Waals surface area contributed by atoms with Crippen LogP contribution in [0, 0.1) is 11.3 Å². The minimum absolute atomic E-state index is 0.104. The zero-order valence-electron chi connectivity index (χ0n) is 12.6. The molecule has 1 amide bonds. The lowest BCUT2D eigenvalue weighted by molar-refractivity contribution is -0.0348. The molecule has 0 radical (unpaired) electrons. The predicted molar refractivity (Wildman–Crippen MR) is 73.6 cm³/mol. The number of amides is 1. The molecule has 0 aliphatic heterocycles. The third-order valence-electron chi connectivity index (χ3n) is 5.03. The maximum Gasteiger partial charge on any atom is 0.408 e. The molecule has 106 valence electrons. The number of carboxylic acid groups (broad SMARTS) is 1. The Morgan fingerprint density at radius 2 is 1.89 bits per heavy atom. The first-order valence-electron chi connectivity index (χ1n) is 6.72. The van der Waals surface area contributed by atoms with Gasteiger partial charge in [0.1, 0.15) is 0 Å². The third kappa shape index (κ3) is 2.11. The van der Waals surface area contributed by atoms with Gasteiger partial charge < -0.3 is 10.8 Å². The van der Waals surface area contributed by atoms with Crippen LogP contribution >= 0.6 is 0 Å². The first kappa shape index (κ1) is 15.3. The largest absolute Gasteiger partial charge is 0.465 e. The molecular weight excluding hydrogens is 228 g/mol. The van der Waals surface area contributed by atoms with Crippen LogP contribution in [0.2, 0.25) is 0 Å². The van der Waals surface area contributed by atoms with Crippen molar-refractivity contribution in [3.05, 3.63) is 0 Å². The molecule has 2 atom stereocenters. The Morgan fingerprint density at radius 3 is 2.17 bits per heavy atom. The number of carbonyl (C=O) groups is 1. The lowest BCUT2D eigenvalue weighted by atomic mass is 9.69. The molecule has 3 N–H and O–H groups in total. The zero-order valence-corrected chi connectivity index (χ0v) is 12.6. The van der Waals surface area contributed by atoms with E-state index in [1.807, 2.05) is 20.8 Å². The Morgan fingerprint density at radius 1 is 1.39 bits per heavy atom. The number of hydrogen-bond donors (Lipinski definition) is 2. The van der Waals surface area contributed by atoms with Crippen LogP contribution in [0.15, 0.2) is 0 Å².